The first-order chi connectivity index (χ1) is 9.40. The summed E-state index contributed by atoms with van der Waals surface area (Å²) in [6.45, 7) is 4.91. The highest BCUT2D eigenvalue weighted by Gasteiger charge is 2.20. The molecule has 0 radical (unpaired) electrons. The number of hydrogen-bond acceptors (Lipinski definition) is 1. The topological polar surface area (TPSA) is 12.0 Å². The Morgan fingerprint density at radius 1 is 1.00 bits per heavy atom. The highest BCUT2D eigenvalue weighted by molar-refractivity contribution is 9.10. The Morgan fingerprint density at radius 3 is 2.10 bits per heavy atom. The van der Waals surface area contributed by atoms with Gasteiger partial charge in [0, 0.05) is 32.2 Å². The van der Waals surface area contributed by atoms with Crippen molar-refractivity contribution in [1.29, 1.82) is 0 Å². The normalized spacial score (nSPS) is 11.7. The molecule has 0 spiro atoms. The van der Waals surface area contributed by atoms with Crippen LogP contribution in [0.4, 0.5) is 0 Å². The van der Waals surface area contributed by atoms with E-state index in [0.29, 0.717) is 16.6 Å². The SMILES string of the molecule is CC(C)(NCc1c(Cl)cccc1Cl)c1ccc(Br)cc1. The predicted molar refractivity (Wildman–Crippen MR) is 90.5 cm³/mol. The fourth-order valence-corrected chi connectivity index (χ4v) is 2.77. The van der Waals surface area contributed by atoms with Crippen LogP contribution >= 0.6 is 39.1 Å². The number of benzene rings is 2. The smallest absolute Gasteiger partial charge is 0.0465 e. The first kappa shape index (κ1) is 15.8. The van der Waals surface area contributed by atoms with Crippen molar-refractivity contribution in [2.45, 2.75) is 25.9 Å². The second-order valence-corrected chi connectivity index (χ2v) is 6.92. The minimum atomic E-state index is -0.163. The summed E-state index contributed by atoms with van der Waals surface area (Å²) in [6, 6.07) is 13.9. The average Bonchev–Trinajstić information content (AvgIpc) is 2.38. The molecular weight excluding hydrogens is 357 g/mol. The van der Waals surface area contributed by atoms with Crippen LogP contribution in [0.3, 0.4) is 0 Å². The van der Waals surface area contributed by atoms with Crippen molar-refractivity contribution in [2.24, 2.45) is 0 Å². The third-order valence-corrected chi connectivity index (χ3v) is 4.57. The van der Waals surface area contributed by atoms with Crippen LogP contribution in [-0.4, -0.2) is 0 Å². The third-order valence-electron chi connectivity index (χ3n) is 3.33. The van der Waals surface area contributed by atoms with Gasteiger partial charge in [-0.2, -0.15) is 0 Å². The second kappa shape index (κ2) is 6.48. The molecular formula is C16H16BrCl2N. The zero-order chi connectivity index (χ0) is 14.8. The Bertz CT molecular complexity index is 574. The highest BCUT2D eigenvalue weighted by Crippen LogP contribution is 2.27. The van der Waals surface area contributed by atoms with Gasteiger partial charge in [0.2, 0.25) is 0 Å². The van der Waals surface area contributed by atoms with E-state index in [1.54, 1.807) is 0 Å². The monoisotopic (exact) mass is 371 g/mol. The van der Waals surface area contributed by atoms with Crippen LogP contribution in [0.1, 0.15) is 25.0 Å². The highest BCUT2D eigenvalue weighted by atomic mass is 79.9. The maximum atomic E-state index is 6.19. The molecule has 0 fully saturated rings. The van der Waals surface area contributed by atoms with Crippen LogP contribution in [0.15, 0.2) is 46.9 Å². The maximum Gasteiger partial charge on any atom is 0.0465 e. The summed E-state index contributed by atoms with van der Waals surface area (Å²) < 4.78 is 1.08. The zero-order valence-electron chi connectivity index (χ0n) is 11.4. The van der Waals surface area contributed by atoms with Gasteiger partial charge in [0.25, 0.3) is 0 Å². The van der Waals surface area contributed by atoms with Crippen molar-refractivity contribution in [3.63, 3.8) is 0 Å². The van der Waals surface area contributed by atoms with Gasteiger partial charge in [0.05, 0.1) is 0 Å². The van der Waals surface area contributed by atoms with Crippen LogP contribution in [0.2, 0.25) is 10.0 Å². The Labute approximate surface area is 138 Å². The molecule has 2 rings (SSSR count). The fraction of sp³-hybridized carbons (Fsp3) is 0.250. The van der Waals surface area contributed by atoms with Gasteiger partial charge in [-0.1, -0.05) is 57.3 Å². The molecule has 1 nitrogen and oxygen atoms in total. The molecule has 0 heterocycles. The third kappa shape index (κ3) is 3.76. The Hall–Kier alpha value is -0.540. The Kier molecular flexibility index (Phi) is 5.14. The molecule has 0 saturated heterocycles. The van der Waals surface area contributed by atoms with Crippen LogP contribution < -0.4 is 5.32 Å². The molecule has 0 aliphatic carbocycles. The van der Waals surface area contributed by atoms with Crippen LogP contribution in [-0.2, 0) is 12.1 Å². The first-order valence-corrected chi connectivity index (χ1v) is 7.89. The molecule has 0 aromatic heterocycles. The Balaban J connectivity index is 2.15. The lowest BCUT2D eigenvalue weighted by atomic mass is 9.94. The predicted octanol–water partition coefficient (Wildman–Crippen LogP) is 5.78. The van der Waals surface area contributed by atoms with Gasteiger partial charge < -0.3 is 5.32 Å². The number of hydrogen-bond donors (Lipinski definition) is 1. The van der Waals surface area contributed by atoms with E-state index in [0.717, 1.165) is 10.0 Å². The van der Waals surface area contributed by atoms with E-state index in [1.165, 1.54) is 5.56 Å². The van der Waals surface area contributed by atoms with Crippen molar-refractivity contribution >= 4 is 39.1 Å². The van der Waals surface area contributed by atoms with E-state index >= 15 is 0 Å². The summed E-state index contributed by atoms with van der Waals surface area (Å²) >= 11 is 15.8. The minimum Gasteiger partial charge on any atom is -0.304 e. The summed E-state index contributed by atoms with van der Waals surface area (Å²) in [5, 5.41) is 4.89. The summed E-state index contributed by atoms with van der Waals surface area (Å²) in [7, 11) is 0. The van der Waals surface area contributed by atoms with Gasteiger partial charge in [-0.05, 0) is 43.7 Å². The zero-order valence-corrected chi connectivity index (χ0v) is 14.5. The lowest BCUT2D eigenvalue weighted by Crippen LogP contribution is -2.36. The number of rotatable bonds is 4. The van der Waals surface area contributed by atoms with Gasteiger partial charge >= 0.3 is 0 Å². The van der Waals surface area contributed by atoms with Crippen molar-refractivity contribution < 1.29 is 0 Å². The van der Waals surface area contributed by atoms with E-state index in [9.17, 15) is 0 Å². The molecule has 0 atom stereocenters. The van der Waals surface area contributed by atoms with Crippen LogP contribution in [0.25, 0.3) is 0 Å². The van der Waals surface area contributed by atoms with Gasteiger partial charge in [-0.3, -0.25) is 0 Å². The van der Waals surface area contributed by atoms with Crippen LogP contribution in [0, 0.1) is 0 Å². The van der Waals surface area contributed by atoms with Gasteiger partial charge in [0.1, 0.15) is 0 Å². The summed E-state index contributed by atoms with van der Waals surface area (Å²) in [5.74, 6) is 0. The van der Waals surface area contributed by atoms with Crippen LogP contribution in [0.5, 0.6) is 0 Å². The molecule has 20 heavy (non-hydrogen) atoms. The van der Waals surface area contributed by atoms with Crippen molar-refractivity contribution in [1.82, 2.24) is 5.32 Å². The Morgan fingerprint density at radius 2 is 1.55 bits per heavy atom. The fourth-order valence-electron chi connectivity index (χ4n) is 1.98. The van der Waals surface area contributed by atoms with Gasteiger partial charge in [-0.25, -0.2) is 0 Å². The molecule has 0 saturated carbocycles. The van der Waals surface area contributed by atoms with Crippen molar-refractivity contribution in [3.05, 3.63) is 68.1 Å². The molecule has 0 aliphatic rings. The van der Waals surface area contributed by atoms with E-state index in [-0.39, 0.29) is 5.54 Å². The standard InChI is InChI=1S/C16H16BrCl2N/c1-16(2,11-6-8-12(17)9-7-11)20-10-13-14(18)4-3-5-15(13)19/h3-9,20H,10H2,1-2H3. The molecule has 0 amide bonds. The summed E-state index contributed by atoms with van der Waals surface area (Å²) in [5.41, 5.74) is 1.98. The maximum absolute atomic E-state index is 6.19. The van der Waals surface area contributed by atoms with E-state index in [1.807, 2.05) is 30.3 Å². The quantitative estimate of drug-likeness (QED) is 0.717. The molecule has 0 bridgehead atoms. The molecule has 0 aliphatic heterocycles. The van der Waals surface area contributed by atoms with E-state index in [4.69, 9.17) is 23.2 Å². The molecule has 106 valence electrons. The van der Waals surface area contributed by atoms with E-state index in [2.05, 4.69) is 47.2 Å². The van der Waals surface area contributed by atoms with Crippen molar-refractivity contribution in [2.75, 3.05) is 0 Å². The van der Waals surface area contributed by atoms with Gasteiger partial charge in [-0.15, -0.1) is 0 Å². The van der Waals surface area contributed by atoms with Crippen molar-refractivity contribution in [3.8, 4) is 0 Å². The molecule has 0 unspecified atom stereocenters. The number of halogens is 3. The second-order valence-electron chi connectivity index (χ2n) is 5.19. The number of nitrogens with one attached hydrogen (secondary N) is 1. The average molecular weight is 373 g/mol. The minimum absolute atomic E-state index is 0.163. The van der Waals surface area contributed by atoms with Gasteiger partial charge in [0.15, 0.2) is 0 Å². The lowest BCUT2D eigenvalue weighted by Gasteiger charge is -2.27. The first-order valence-electron chi connectivity index (χ1n) is 6.34. The molecule has 4 heteroatoms. The molecule has 2 aromatic rings. The lowest BCUT2D eigenvalue weighted by molar-refractivity contribution is 0.401. The summed E-state index contributed by atoms with van der Waals surface area (Å²) in [4.78, 5) is 0. The summed E-state index contributed by atoms with van der Waals surface area (Å²) in [6.07, 6.45) is 0. The molecule has 1 N–H and O–H groups in total. The van der Waals surface area contributed by atoms with E-state index < -0.39 is 0 Å². The largest absolute Gasteiger partial charge is 0.304 e. The molecule has 2 aromatic carbocycles.